The van der Waals surface area contributed by atoms with E-state index in [9.17, 15) is 12.8 Å². The largest absolute Gasteiger partial charge is 0.395 e. The molecule has 3 rings (SSSR count). The number of benzene rings is 1. The second kappa shape index (κ2) is 5.08. The quantitative estimate of drug-likeness (QED) is 0.591. The van der Waals surface area contributed by atoms with Gasteiger partial charge in [0.05, 0.1) is 15.2 Å². The molecule has 21 heavy (non-hydrogen) atoms. The third kappa shape index (κ3) is 2.81. The molecule has 0 radical (unpaired) electrons. The van der Waals surface area contributed by atoms with Crippen LogP contribution in [-0.4, -0.2) is 15.0 Å². The smallest absolute Gasteiger partial charge is 0.243 e. The Morgan fingerprint density at radius 3 is 2.62 bits per heavy atom. The third-order valence-corrected chi connectivity index (χ3v) is 7.18. The first-order valence-electron chi connectivity index (χ1n) is 6.69. The molecular weight excluding hydrogens is 383 g/mol. The molecule has 1 aromatic carbocycles. The second-order valence-electron chi connectivity index (χ2n) is 5.86. The molecule has 2 aliphatic rings. The van der Waals surface area contributed by atoms with Gasteiger partial charge in [0.2, 0.25) is 10.0 Å². The number of rotatable bonds is 5. The lowest BCUT2D eigenvalue weighted by Crippen LogP contribution is -2.32. The summed E-state index contributed by atoms with van der Waals surface area (Å²) in [5.41, 5.74) is 5.33. The van der Waals surface area contributed by atoms with E-state index in [1.54, 1.807) is 0 Å². The molecule has 0 saturated heterocycles. The van der Waals surface area contributed by atoms with E-state index in [1.807, 2.05) is 0 Å². The number of hydrogen-bond donors (Lipinski definition) is 2. The van der Waals surface area contributed by atoms with E-state index in [4.69, 9.17) is 17.3 Å². The van der Waals surface area contributed by atoms with Crippen molar-refractivity contribution in [1.29, 1.82) is 0 Å². The Labute approximate surface area is 136 Å². The van der Waals surface area contributed by atoms with Gasteiger partial charge in [0.1, 0.15) is 4.90 Å². The van der Waals surface area contributed by atoms with Gasteiger partial charge >= 0.3 is 0 Å². The van der Waals surface area contributed by atoms with E-state index in [2.05, 4.69) is 20.7 Å². The van der Waals surface area contributed by atoms with Gasteiger partial charge in [0.15, 0.2) is 5.82 Å². The van der Waals surface area contributed by atoms with Crippen molar-refractivity contribution < 1.29 is 12.8 Å². The van der Waals surface area contributed by atoms with Crippen molar-refractivity contribution in [2.75, 3.05) is 12.3 Å². The van der Waals surface area contributed by atoms with Crippen molar-refractivity contribution in [3.8, 4) is 0 Å². The summed E-state index contributed by atoms with van der Waals surface area (Å²) in [5.74, 6) is -0.362. The molecule has 1 aromatic rings. The van der Waals surface area contributed by atoms with Crippen LogP contribution in [0, 0.1) is 17.2 Å². The van der Waals surface area contributed by atoms with Crippen molar-refractivity contribution in [1.82, 2.24) is 4.72 Å². The maximum Gasteiger partial charge on any atom is 0.243 e. The maximum atomic E-state index is 14.1. The molecule has 8 heteroatoms. The summed E-state index contributed by atoms with van der Waals surface area (Å²) in [7, 11) is -3.96. The number of halogens is 3. The summed E-state index contributed by atoms with van der Waals surface area (Å²) in [4.78, 5) is -0.500. The van der Waals surface area contributed by atoms with Gasteiger partial charge in [-0.05, 0) is 59.0 Å². The number of hydrogen-bond acceptors (Lipinski definition) is 3. The Bertz CT molecular complexity index is 703. The number of sulfonamides is 1. The van der Waals surface area contributed by atoms with Crippen molar-refractivity contribution in [2.45, 2.75) is 30.6 Å². The van der Waals surface area contributed by atoms with Crippen molar-refractivity contribution >= 4 is 43.2 Å². The summed E-state index contributed by atoms with van der Waals surface area (Å²) >= 11 is 8.90. The molecule has 0 aromatic heterocycles. The zero-order chi connectivity index (χ0) is 15.4. The van der Waals surface area contributed by atoms with Crippen LogP contribution >= 0.6 is 27.5 Å². The first-order valence-corrected chi connectivity index (χ1v) is 9.35. The molecule has 0 amide bonds. The molecule has 0 spiro atoms. The van der Waals surface area contributed by atoms with Crippen LogP contribution in [0.15, 0.2) is 15.4 Å². The molecule has 2 fully saturated rings. The molecule has 4 nitrogen and oxygen atoms in total. The van der Waals surface area contributed by atoms with E-state index in [1.165, 1.54) is 0 Å². The first-order chi connectivity index (χ1) is 9.77. The zero-order valence-electron chi connectivity index (χ0n) is 11.1. The molecule has 116 valence electrons. The SMILES string of the molecule is Nc1c(F)c(S(=O)(=O)NCC2(C3CC3)CC2)cc(Cl)c1Br. The fraction of sp³-hybridized carbons (Fsp3) is 0.538. The number of nitrogens with one attached hydrogen (secondary N) is 1. The summed E-state index contributed by atoms with van der Waals surface area (Å²) in [5, 5.41) is 0.0672. The van der Waals surface area contributed by atoms with Gasteiger partial charge in [0, 0.05) is 6.54 Å². The van der Waals surface area contributed by atoms with E-state index in [0.29, 0.717) is 12.5 Å². The van der Waals surface area contributed by atoms with Gasteiger partial charge in [-0.1, -0.05) is 11.6 Å². The van der Waals surface area contributed by atoms with Crippen LogP contribution in [0.4, 0.5) is 10.1 Å². The summed E-state index contributed by atoms with van der Waals surface area (Å²) in [6, 6.07) is 1.08. The lowest BCUT2D eigenvalue weighted by Gasteiger charge is -2.16. The molecule has 2 aliphatic carbocycles. The molecule has 0 unspecified atom stereocenters. The van der Waals surface area contributed by atoms with E-state index < -0.39 is 20.7 Å². The van der Waals surface area contributed by atoms with Crippen LogP contribution < -0.4 is 10.5 Å². The van der Waals surface area contributed by atoms with Crippen LogP contribution in [0.3, 0.4) is 0 Å². The number of nitrogen functional groups attached to an aromatic ring is 1. The Morgan fingerprint density at radius 2 is 2.10 bits per heavy atom. The van der Waals surface area contributed by atoms with Crippen molar-refractivity contribution in [3.05, 3.63) is 21.4 Å². The highest BCUT2D eigenvalue weighted by atomic mass is 79.9. The number of anilines is 1. The topological polar surface area (TPSA) is 72.2 Å². The lowest BCUT2D eigenvalue weighted by atomic mass is 10.0. The highest BCUT2D eigenvalue weighted by molar-refractivity contribution is 9.10. The molecule has 0 atom stereocenters. The van der Waals surface area contributed by atoms with Gasteiger partial charge in [-0.3, -0.25) is 0 Å². The van der Waals surface area contributed by atoms with Crippen molar-refractivity contribution in [3.63, 3.8) is 0 Å². The van der Waals surface area contributed by atoms with Crippen molar-refractivity contribution in [2.24, 2.45) is 11.3 Å². The van der Waals surface area contributed by atoms with Crippen LogP contribution in [0.25, 0.3) is 0 Å². The van der Waals surface area contributed by atoms with E-state index in [0.717, 1.165) is 31.7 Å². The van der Waals surface area contributed by atoms with Crippen LogP contribution in [0.1, 0.15) is 25.7 Å². The predicted octanol–water partition coefficient (Wildman–Crippen LogP) is 3.29. The average molecular weight is 398 g/mol. The normalized spacial score (nSPS) is 20.5. The predicted molar refractivity (Wildman–Crippen MR) is 83.1 cm³/mol. The zero-order valence-corrected chi connectivity index (χ0v) is 14.3. The summed E-state index contributed by atoms with van der Waals surface area (Å²) < 4.78 is 41.4. The third-order valence-electron chi connectivity index (χ3n) is 4.40. The Hall–Kier alpha value is -0.370. The number of nitrogens with two attached hydrogens (primary N) is 1. The van der Waals surface area contributed by atoms with Gasteiger partial charge in [-0.25, -0.2) is 17.5 Å². The monoisotopic (exact) mass is 396 g/mol. The van der Waals surface area contributed by atoms with E-state index in [-0.39, 0.29) is 20.6 Å². The Balaban J connectivity index is 1.85. The minimum Gasteiger partial charge on any atom is -0.395 e. The first kappa shape index (κ1) is 15.5. The average Bonchev–Trinajstić information content (AvgIpc) is 3.29. The van der Waals surface area contributed by atoms with Crippen LogP contribution in [-0.2, 0) is 10.0 Å². The van der Waals surface area contributed by atoms with E-state index >= 15 is 0 Å². The molecule has 3 N–H and O–H groups in total. The van der Waals surface area contributed by atoms with Gasteiger partial charge in [0.25, 0.3) is 0 Å². The molecule has 0 bridgehead atoms. The fourth-order valence-corrected chi connectivity index (χ4v) is 4.51. The Morgan fingerprint density at radius 1 is 1.48 bits per heavy atom. The van der Waals surface area contributed by atoms with Gasteiger partial charge < -0.3 is 5.73 Å². The molecule has 2 saturated carbocycles. The maximum absolute atomic E-state index is 14.1. The van der Waals surface area contributed by atoms with Crippen LogP contribution in [0.2, 0.25) is 5.02 Å². The minimum absolute atomic E-state index is 0.0672. The highest BCUT2D eigenvalue weighted by Crippen LogP contribution is 2.60. The molecule has 0 aliphatic heterocycles. The van der Waals surface area contributed by atoms with Gasteiger partial charge in [-0.15, -0.1) is 0 Å². The summed E-state index contributed by atoms with van der Waals surface area (Å²) in [6.45, 7) is 0.354. The second-order valence-corrected chi connectivity index (χ2v) is 8.79. The highest BCUT2D eigenvalue weighted by Gasteiger charge is 2.53. The fourth-order valence-electron chi connectivity index (χ4n) is 2.70. The molecular formula is C13H15BrClFN2O2S. The lowest BCUT2D eigenvalue weighted by molar-refractivity contribution is 0.431. The summed E-state index contributed by atoms with van der Waals surface area (Å²) in [6.07, 6.45) is 4.39. The minimum atomic E-state index is -3.96. The Kier molecular flexibility index (Phi) is 3.75. The van der Waals surface area contributed by atoms with Crippen LogP contribution in [0.5, 0.6) is 0 Å². The van der Waals surface area contributed by atoms with Gasteiger partial charge in [-0.2, -0.15) is 0 Å². The standard InChI is InChI=1S/C13H15BrClFN2O2S/c14-10-8(15)5-9(11(16)12(10)17)21(19,20)18-6-13(3-4-13)7-1-2-7/h5,7,18H,1-4,6,17H2. The molecule has 0 heterocycles.